The highest BCUT2D eigenvalue weighted by Gasteiger charge is 2.19. The maximum atomic E-state index is 6.21. The Hall–Kier alpha value is -1.46. The molecule has 3 aromatic rings. The maximum Gasteiger partial charge on any atom is 0.0988 e. The quantitative estimate of drug-likeness (QED) is 0.571. The van der Waals surface area contributed by atoms with Crippen molar-refractivity contribution >= 4 is 33.8 Å². The minimum Gasteiger partial charge on any atom is -0.270 e. The number of nitrogens with two attached hydrogens (primary N) is 1. The van der Waals surface area contributed by atoms with Gasteiger partial charge in [-0.05, 0) is 36.1 Å². The van der Waals surface area contributed by atoms with Crippen molar-refractivity contribution < 1.29 is 0 Å². The normalized spacial score (nSPS) is 12.8. The van der Waals surface area contributed by atoms with Crippen LogP contribution in [0.25, 0.3) is 10.9 Å². The van der Waals surface area contributed by atoms with Gasteiger partial charge in [-0.15, -0.1) is 11.3 Å². The molecule has 0 aliphatic carbocycles. The van der Waals surface area contributed by atoms with Crippen LogP contribution in [0.1, 0.15) is 22.2 Å². The summed E-state index contributed by atoms with van der Waals surface area (Å²) in [6.45, 7) is 2.08. The molecule has 0 aliphatic heterocycles. The Kier molecular flexibility index (Phi) is 3.72. The largest absolute Gasteiger partial charge is 0.270 e. The van der Waals surface area contributed by atoms with E-state index >= 15 is 0 Å². The fourth-order valence-electron chi connectivity index (χ4n) is 2.33. The average Bonchev–Trinajstić information content (AvgIpc) is 2.86. The molecule has 3 rings (SSSR count). The molecule has 0 aliphatic rings. The summed E-state index contributed by atoms with van der Waals surface area (Å²) in [5.74, 6) is 5.72. The third kappa shape index (κ3) is 2.31. The fourth-order valence-corrected chi connectivity index (χ4v) is 3.57. The number of hydrogen-bond donors (Lipinski definition) is 2. The molecule has 0 saturated heterocycles. The van der Waals surface area contributed by atoms with Crippen molar-refractivity contribution in [2.24, 2.45) is 5.84 Å². The van der Waals surface area contributed by atoms with E-state index in [0.717, 1.165) is 21.5 Å². The number of hydrogen-bond acceptors (Lipinski definition) is 4. The number of halogens is 1. The number of rotatable bonds is 3. The third-order valence-corrected chi connectivity index (χ3v) is 4.74. The number of nitrogens with zero attached hydrogens (tertiary/aromatic N) is 1. The van der Waals surface area contributed by atoms with E-state index in [1.807, 2.05) is 29.6 Å². The maximum absolute atomic E-state index is 6.21. The Balaban J connectivity index is 2.15. The van der Waals surface area contributed by atoms with Crippen molar-refractivity contribution in [3.8, 4) is 0 Å². The lowest BCUT2D eigenvalue weighted by molar-refractivity contribution is 0.632. The van der Waals surface area contributed by atoms with Crippen LogP contribution < -0.4 is 11.3 Å². The highest BCUT2D eigenvalue weighted by molar-refractivity contribution is 7.10. The summed E-state index contributed by atoms with van der Waals surface area (Å²) < 4.78 is 0. The topological polar surface area (TPSA) is 50.9 Å². The van der Waals surface area contributed by atoms with E-state index in [-0.39, 0.29) is 6.04 Å². The zero-order valence-electron chi connectivity index (χ0n) is 10.9. The number of aryl methyl sites for hydroxylation is 1. The van der Waals surface area contributed by atoms with Gasteiger partial charge in [0.05, 0.1) is 22.3 Å². The predicted octanol–water partition coefficient (Wildman–Crippen LogP) is 3.81. The van der Waals surface area contributed by atoms with Crippen LogP contribution >= 0.6 is 22.9 Å². The second-order valence-electron chi connectivity index (χ2n) is 4.61. The molecule has 0 fully saturated rings. The fraction of sp³-hybridized carbons (Fsp3) is 0.133. The summed E-state index contributed by atoms with van der Waals surface area (Å²) in [5, 5.41) is 3.82. The van der Waals surface area contributed by atoms with Gasteiger partial charge in [-0.1, -0.05) is 29.8 Å². The summed E-state index contributed by atoms with van der Waals surface area (Å²) in [7, 11) is 0. The molecular formula is C15H14ClN3S. The summed E-state index contributed by atoms with van der Waals surface area (Å²) in [5.41, 5.74) is 5.85. The molecule has 1 aromatic carbocycles. The minimum atomic E-state index is -0.189. The second-order valence-corrected chi connectivity index (χ2v) is 5.97. The standard InChI is InChI=1S/C15H14ClN3S/c1-9-8-13(18-12-5-3-2-4-10(9)12)14(19-17)15-11(16)6-7-20-15/h2-8,14,19H,17H2,1H3. The van der Waals surface area contributed by atoms with Gasteiger partial charge in [-0.25, -0.2) is 5.43 Å². The van der Waals surface area contributed by atoms with Crippen molar-refractivity contribution in [1.29, 1.82) is 0 Å². The Morgan fingerprint density at radius 3 is 2.80 bits per heavy atom. The zero-order chi connectivity index (χ0) is 14.1. The van der Waals surface area contributed by atoms with E-state index in [4.69, 9.17) is 22.4 Å². The van der Waals surface area contributed by atoms with E-state index in [1.54, 1.807) is 11.3 Å². The molecule has 0 radical (unpaired) electrons. The van der Waals surface area contributed by atoms with E-state index in [2.05, 4.69) is 24.5 Å². The molecular weight excluding hydrogens is 290 g/mol. The van der Waals surface area contributed by atoms with E-state index < -0.39 is 0 Å². The van der Waals surface area contributed by atoms with Crippen molar-refractivity contribution in [1.82, 2.24) is 10.4 Å². The number of benzene rings is 1. The summed E-state index contributed by atoms with van der Waals surface area (Å²) in [6.07, 6.45) is 0. The first kappa shape index (κ1) is 13.5. The van der Waals surface area contributed by atoms with Crippen molar-refractivity contribution in [3.63, 3.8) is 0 Å². The molecule has 2 heterocycles. The number of para-hydroxylation sites is 1. The molecule has 3 nitrogen and oxygen atoms in total. The molecule has 1 unspecified atom stereocenters. The minimum absolute atomic E-state index is 0.189. The summed E-state index contributed by atoms with van der Waals surface area (Å²) in [6, 6.07) is 11.8. The van der Waals surface area contributed by atoms with Gasteiger partial charge in [0, 0.05) is 10.3 Å². The Labute approximate surface area is 126 Å². The van der Waals surface area contributed by atoms with Crippen LogP contribution in [0.15, 0.2) is 41.8 Å². The van der Waals surface area contributed by atoms with Crippen LogP contribution in [0, 0.1) is 6.92 Å². The van der Waals surface area contributed by atoms with E-state index in [0.29, 0.717) is 5.02 Å². The molecule has 3 N–H and O–H groups in total. The highest BCUT2D eigenvalue weighted by Crippen LogP contribution is 2.33. The predicted molar refractivity (Wildman–Crippen MR) is 85.0 cm³/mol. The lowest BCUT2D eigenvalue weighted by Crippen LogP contribution is -2.29. The molecule has 0 bridgehead atoms. The second kappa shape index (κ2) is 5.50. The number of hydrazine groups is 1. The van der Waals surface area contributed by atoms with Crippen LogP contribution in [-0.2, 0) is 0 Å². The molecule has 0 amide bonds. The lowest BCUT2D eigenvalue weighted by atomic mass is 10.1. The van der Waals surface area contributed by atoms with Crippen LogP contribution in [-0.4, -0.2) is 4.98 Å². The van der Waals surface area contributed by atoms with Gasteiger partial charge in [-0.3, -0.25) is 10.8 Å². The SMILES string of the molecule is Cc1cc(C(NN)c2sccc2Cl)nc2ccccc12. The monoisotopic (exact) mass is 303 g/mol. The van der Waals surface area contributed by atoms with E-state index in [1.165, 1.54) is 5.56 Å². The first-order chi connectivity index (χ1) is 9.70. The number of fused-ring (bicyclic) bond motifs is 1. The summed E-state index contributed by atoms with van der Waals surface area (Å²) in [4.78, 5) is 5.69. The molecule has 20 heavy (non-hydrogen) atoms. The number of pyridine rings is 1. The van der Waals surface area contributed by atoms with Gasteiger partial charge >= 0.3 is 0 Å². The van der Waals surface area contributed by atoms with Crippen molar-refractivity contribution in [2.75, 3.05) is 0 Å². The van der Waals surface area contributed by atoms with Gasteiger partial charge < -0.3 is 0 Å². The van der Waals surface area contributed by atoms with Crippen LogP contribution in [0.5, 0.6) is 0 Å². The molecule has 1 atom stereocenters. The Morgan fingerprint density at radius 2 is 2.10 bits per heavy atom. The molecule has 0 saturated carbocycles. The van der Waals surface area contributed by atoms with Crippen LogP contribution in [0.4, 0.5) is 0 Å². The number of aromatic nitrogens is 1. The third-order valence-electron chi connectivity index (χ3n) is 3.31. The van der Waals surface area contributed by atoms with Crippen LogP contribution in [0.3, 0.4) is 0 Å². The molecule has 0 spiro atoms. The van der Waals surface area contributed by atoms with Gasteiger partial charge in [0.2, 0.25) is 0 Å². The zero-order valence-corrected chi connectivity index (χ0v) is 12.5. The molecule has 2 aromatic heterocycles. The van der Waals surface area contributed by atoms with Gasteiger partial charge in [0.15, 0.2) is 0 Å². The number of nitrogens with one attached hydrogen (secondary N) is 1. The average molecular weight is 304 g/mol. The van der Waals surface area contributed by atoms with Crippen LogP contribution in [0.2, 0.25) is 5.02 Å². The molecule has 5 heteroatoms. The molecule has 102 valence electrons. The Bertz CT molecular complexity index is 754. The van der Waals surface area contributed by atoms with Crippen molar-refractivity contribution in [2.45, 2.75) is 13.0 Å². The van der Waals surface area contributed by atoms with E-state index in [9.17, 15) is 0 Å². The first-order valence-electron chi connectivity index (χ1n) is 6.26. The van der Waals surface area contributed by atoms with Gasteiger partial charge in [-0.2, -0.15) is 0 Å². The van der Waals surface area contributed by atoms with Gasteiger partial charge in [0.25, 0.3) is 0 Å². The van der Waals surface area contributed by atoms with Gasteiger partial charge in [0.1, 0.15) is 0 Å². The van der Waals surface area contributed by atoms with Crippen molar-refractivity contribution in [3.05, 3.63) is 62.9 Å². The number of thiophene rings is 1. The first-order valence-corrected chi connectivity index (χ1v) is 7.52. The Morgan fingerprint density at radius 1 is 1.30 bits per heavy atom. The smallest absolute Gasteiger partial charge is 0.0988 e. The summed E-state index contributed by atoms with van der Waals surface area (Å²) >= 11 is 7.78. The highest BCUT2D eigenvalue weighted by atomic mass is 35.5. The lowest BCUT2D eigenvalue weighted by Gasteiger charge is -2.16.